The Morgan fingerprint density at radius 1 is 1.50 bits per heavy atom. The van der Waals surface area contributed by atoms with Gasteiger partial charge in [0, 0.05) is 26.7 Å². The zero-order valence-corrected chi connectivity index (χ0v) is 10.6. The van der Waals surface area contributed by atoms with Crippen LogP contribution < -0.4 is 4.74 Å². The van der Waals surface area contributed by atoms with Gasteiger partial charge in [0.05, 0.1) is 17.7 Å². The molecule has 0 amide bonds. The molecular formula is C14H18N2O2. The van der Waals surface area contributed by atoms with Gasteiger partial charge in [-0.05, 0) is 24.6 Å². The predicted molar refractivity (Wildman–Crippen MR) is 68.5 cm³/mol. The van der Waals surface area contributed by atoms with E-state index >= 15 is 0 Å². The van der Waals surface area contributed by atoms with Crippen molar-refractivity contribution in [1.29, 1.82) is 5.26 Å². The first-order chi connectivity index (χ1) is 8.81. The quantitative estimate of drug-likeness (QED) is 0.792. The number of hydrogen-bond acceptors (Lipinski definition) is 4. The molecule has 0 saturated carbocycles. The Balaban J connectivity index is 1.74. The van der Waals surface area contributed by atoms with E-state index in [4.69, 9.17) is 14.7 Å². The number of likely N-dealkylation sites (tertiary alicyclic amines) is 1. The standard InChI is InChI=1S/C14H18N2O2/c1-17-14-5-6-16(11-14)7-8-18-13-4-2-3-12(9-13)10-15/h2-4,9,14H,5-8,11H2,1H3. The Labute approximate surface area is 108 Å². The molecular weight excluding hydrogens is 228 g/mol. The number of benzene rings is 1. The lowest BCUT2D eigenvalue weighted by molar-refractivity contribution is 0.106. The summed E-state index contributed by atoms with van der Waals surface area (Å²) in [4.78, 5) is 2.34. The fourth-order valence-corrected chi connectivity index (χ4v) is 2.14. The van der Waals surface area contributed by atoms with Gasteiger partial charge in [-0.1, -0.05) is 6.07 Å². The summed E-state index contributed by atoms with van der Waals surface area (Å²) in [5.74, 6) is 0.761. The molecule has 1 heterocycles. The van der Waals surface area contributed by atoms with Gasteiger partial charge in [0.25, 0.3) is 0 Å². The summed E-state index contributed by atoms with van der Waals surface area (Å²) in [6.45, 7) is 3.60. The van der Waals surface area contributed by atoms with E-state index in [-0.39, 0.29) is 0 Å². The third-order valence-corrected chi connectivity index (χ3v) is 3.20. The van der Waals surface area contributed by atoms with Crippen molar-refractivity contribution in [3.05, 3.63) is 29.8 Å². The highest BCUT2D eigenvalue weighted by Crippen LogP contribution is 2.14. The summed E-state index contributed by atoms with van der Waals surface area (Å²) >= 11 is 0. The summed E-state index contributed by atoms with van der Waals surface area (Å²) in [5.41, 5.74) is 0.633. The van der Waals surface area contributed by atoms with Crippen LogP contribution in [-0.2, 0) is 4.74 Å². The van der Waals surface area contributed by atoms with Crippen molar-refractivity contribution in [2.75, 3.05) is 33.4 Å². The van der Waals surface area contributed by atoms with Gasteiger partial charge in [0.15, 0.2) is 0 Å². The molecule has 2 rings (SSSR count). The van der Waals surface area contributed by atoms with Crippen molar-refractivity contribution in [2.24, 2.45) is 0 Å². The Kier molecular flexibility index (Phi) is 4.57. The Morgan fingerprint density at radius 3 is 3.11 bits per heavy atom. The Bertz CT molecular complexity index is 428. The fourth-order valence-electron chi connectivity index (χ4n) is 2.14. The van der Waals surface area contributed by atoms with Gasteiger partial charge in [-0.15, -0.1) is 0 Å². The van der Waals surface area contributed by atoms with Crippen LogP contribution in [0.2, 0.25) is 0 Å². The number of nitriles is 1. The van der Waals surface area contributed by atoms with Gasteiger partial charge in [-0.25, -0.2) is 0 Å². The molecule has 1 fully saturated rings. The monoisotopic (exact) mass is 246 g/mol. The topological polar surface area (TPSA) is 45.5 Å². The van der Waals surface area contributed by atoms with Gasteiger partial charge >= 0.3 is 0 Å². The molecule has 1 aliphatic heterocycles. The Morgan fingerprint density at radius 2 is 2.39 bits per heavy atom. The van der Waals surface area contributed by atoms with Crippen LogP contribution in [0.25, 0.3) is 0 Å². The number of hydrogen-bond donors (Lipinski definition) is 0. The first-order valence-corrected chi connectivity index (χ1v) is 6.20. The molecule has 4 heteroatoms. The van der Waals surface area contributed by atoms with Crippen LogP contribution in [0, 0.1) is 11.3 Å². The average molecular weight is 246 g/mol. The summed E-state index contributed by atoms with van der Waals surface area (Å²) in [6, 6.07) is 9.36. The summed E-state index contributed by atoms with van der Waals surface area (Å²) in [6.07, 6.45) is 1.47. The molecule has 18 heavy (non-hydrogen) atoms. The van der Waals surface area contributed by atoms with E-state index in [2.05, 4.69) is 11.0 Å². The van der Waals surface area contributed by atoms with Crippen molar-refractivity contribution in [2.45, 2.75) is 12.5 Å². The van der Waals surface area contributed by atoms with Crippen LogP contribution in [-0.4, -0.2) is 44.4 Å². The highest BCUT2D eigenvalue weighted by Gasteiger charge is 2.21. The molecule has 4 nitrogen and oxygen atoms in total. The predicted octanol–water partition coefficient (Wildman–Crippen LogP) is 1.66. The molecule has 0 aromatic heterocycles. The van der Waals surface area contributed by atoms with Crippen molar-refractivity contribution in [3.63, 3.8) is 0 Å². The van der Waals surface area contributed by atoms with E-state index in [0.717, 1.165) is 31.8 Å². The lowest BCUT2D eigenvalue weighted by Gasteiger charge is -2.15. The largest absolute Gasteiger partial charge is 0.492 e. The maximum atomic E-state index is 8.79. The minimum atomic E-state index is 0.368. The van der Waals surface area contributed by atoms with Crippen molar-refractivity contribution in [1.82, 2.24) is 4.90 Å². The number of methoxy groups -OCH3 is 1. The number of nitrogens with zero attached hydrogens (tertiary/aromatic N) is 2. The van der Waals surface area contributed by atoms with Gasteiger partial charge in [-0.2, -0.15) is 5.26 Å². The maximum Gasteiger partial charge on any atom is 0.120 e. The molecule has 1 aromatic rings. The minimum absolute atomic E-state index is 0.368. The van der Waals surface area contributed by atoms with E-state index < -0.39 is 0 Å². The summed E-state index contributed by atoms with van der Waals surface area (Å²) in [7, 11) is 1.76. The lowest BCUT2D eigenvalue weighted by Crippen LogP contribution is -2.27. The molecule has 0 bridgehead atoms. The minimum Gasteiger partial charge on any atom is -0.492 e. The molecule has 1 aromatic carbocycles. The molecule has 0 aliphatic carbocycles. The second-order valence-corrected chi connectivity index (χ2v) is 4.44. The highest BCUT2D eigenvalue weighted by atomic mass is 16.5. The summed E-state index contributed by atoms with van der Waals surface area (Å²) < 4.78 is 11.0. The first kappa shape index (κ1) is 12.9. The molecule has 1 aliphatic rings. The van der Waals surface area contributed by atoms with Crippen LogP contribution in [0.3, 0.4) is 0 Å². The number of rotatable bonds is 5. The van der Waals surface area contributed by atoms with Crippen LogP contribution in [0.1, 0.15) is 12.0 Å². The molecule has 1 unspecified atom stereocenters. The van der Waals surface area contributed by atoms with E-state index in [1.165, 1.54) is 0 Å². The molecule has 0 N–H and O–H groups in total. The van der Waals surface area contributed by atoms with Crippen LogP contribution in [0.4, 0.5) is 0 Å². The molecule has 0 radical (unpaired) electrons. The third kappa shape index (κ3) is 3.46. The van der Waals surface area contributed by atoms with Crippen LogP contribution in [0.15, 0.2) is 24.3 Å². The third-order valence-electron chi connectivity index (χ3n) is 3.20. The SMILES string of the molecule is COC1CCN(CCOc2cccc(C#N)c2)C1. The van der Waals surface area contributed by atoms with E-state index in [9.17, 15) is 0 Å². The lowest BCUT2D eigenvalue weighted by atomic mass is 10.2. The average Bonchev–Trinajstić information content (AvgIpc) is 2.87. The van der Waals surface area contributed by atoms with E-state index in [1.54, 1.807) is 19.2 Å². The smallest absolute Gasteiger partial charge is 0.120 e. The van der Waals surface area contributed by atoms with Gasteiger partial charge in [-0.3, -0.25) is 4.90 Å². The highest BCUT2D eigenvalue weighted by molar-refractivity contribution is 5.36. The second kappa shape index (κ2) is 6.39. The van der Waals surface area contributed by atoms with E-state index in [0.29, 0.717) is 18.3 Å². The van der Waals surface area contributed by atoms with Crippen molar-refractivity contribution < 1.29 is 9.47 Å². The van der Waals surface area contributed by atoms with Gasteiger partial charge in [0.2, 0.25) is 0 Å². The zero-order chi connectivity index (χ0) is 12.8. The maximum absolute atomic E-state index is 8.79. The Hall–Kier alpha value is -1.57. The molecule has 1 atom stereocenters. The van der Waals surface area contributed by atoms with E-state index in [1.807, 2.05) is 12.1 Å². The van der Waals surface area contributed by atoms with Gasteiger partial charge < -0.3 is 9.47 Å². The van der Waals surface area contributed by atoms with Crippen LogP contribution in [0.5, 0.6) is 5.75 Å². The van der Waals surface area contributed by atoms with Crippen molar-refractivity contribution >= 4 is 0 Å². The zero-order valence-electron chi connectivity index (χ0n) is 10.6. The molecule has 96 valence electrons. The summed E-state index contributed by atoms with van der Waals surface area (Å²) in [5, 5.41) is 8.79. The fraction of sp³-hybridized carbons (Fsp3) is 0.500. The van der Waals surface area contributed by atoms with Gasteiger partial charge in [0.1, 0.15) is 12.4 Å². The number of ether oxygens (including phenoxy) is 2. The van der Waals surface area contributed by atoms with Crippen molar-refractivity contribution in [3.8, 4) is 11.8 Å². The first-order valence-electron chi connectivity index (χ1n) is 6.20. The second-order valence-electron chi connectivity index (χ2n) is 4.44. The normalized spacial score (nSPS) is 19.7. The molecule has 0 spiro atoms. The molecule has 1 saturated heterocycles. The van der Waals surface area contributed by atoms with Crippen LogP contribution >= 0.6 is 0 Å².